The topological polar surface area (TPSA) is 130 Å². The van der Waals surface area contributed by atoms with E-state index in [1.165, 1.54) is 6.33 Å². The van der Waals surface area contributed by atoms with Crippen molar-refractivity contribution in [2.45, 2.75) is 39.2 Å². The fraction of sp³-hybridized carbons (Fsp3) is 0.286. The van der Waals surface area contributed by atoms with Gasteiger partial charge in [-0.1, -0.05) is 50.2 Å². The predicted octanol–water partition coefficient (Wildman–Crippen LogP) is 4.33. The van der Waals surface area contributed by atoms with E-state index in [4.69, 9.17) is 15.2 Å². The minimum atomic E-state index is -0.639. The van der Waals surface area contributed by atoms with Gasteiger partial charge in [-0.25, -0.2) is 5.10 Å². The van der Waals surface area contributed by atoms with Gasteiger partial charge in [-0.3, -0.25) is 9.69 Å². The number of methoxy groups -OCH3 is 1. The SMILES string of the molecule is COc1cc([C@@H]2C(C#N)=C(N)N(c3ncn[nH]3)C3=C2C(=O)CC(C)(C)C3)ccc1OCc1ccccc1. The van der Waals surface area contributed by atoms with Crippen LogP contribution in [0.25, 0.3) is 0 Å². The van der Waals surface area contributed by atoms with E-state index in [1.807, 2.05) is 62.4 Å². The molecule has 3 aromatic rings. The quantitative estimate of drug-likeness (QED) is 0.516. The molecule has 2 aromatic carbocycles. The molecule has 1 aromatic heterocycles. The largest absolute Gasteiger partial charge is 0.493 e. The van der Waals surface area contributed by atoms with Crippen LogP contribution >= 0.6 is 0 Å². The number of hydrogen-bond donors (Lipinski definition) is 2. The molecule has 37 heavy (non-hydrogen) atoms. The van der Waals surface area contributed by atoms with E-state index in [1.54, 1.807) is 12.0 Å². The Labute approximate surface area is 215 Å². The summed E-state index contributed by atoms with van der Waals surface area (Å²) in [6, 6.07) is 17.6. The summed E-state index contributed by atoms with van der Waals surface area (Å²) in [7, 11) is 1.56. The number of Topliss-reactive ketones (excluding diaryl/α,β-unsaturated/α-hetero) is 1. The van der Waals surface area contributed by atoms with Crippen LogP contribution in [0.3, 0.4) is 0 Å². The molecule has 0 saturated heterocycles. The molecule has 9 heteroatoms. The number of rotatable bonds is 6. The van der Waals surface area contributed by atoms with Crippen LogP contribution < -0.4 is 20.1 Å². The summed E-state index contributed by atoms with van der Waals surface area (Å²) >= 11 is 0. The summed E-state index contributed by atoms with van der Waals surface area (Å²) in [5.74, 6) is 0.993. The molecule has 0 fully saturated rings. The molecule has 0 radical (unpaired) electrons. The molecule has 2 heterocycles. The maximum atomic E-state index is 13.6. The molecule has 3 N–H and O–H groups in total. The van der Waals surface area contributed by atoms with E-state index in [9.17, 15) is 10.1 Å². The lowest BCUT2D eigenvalue weighted by molar-refractivity contribution is -0.118. The van der Waals surface area contributed by atoms with E-state index in [2.05, 4.69) is 21.3 Å². The summed E-state index contributed by atoms with van der Waals surface area (Å²) in [6.07, 6.45) is 2.32. The first-order valence-electron chi connectivity index (χ1n) is 12.0. The molecule has 0 bridgehead atoms. The molecular formula is C28H28N6O3. The Balaban J connectivity index is 1.60. The number of nitrogens with one attached hydrogen (secondary N) is 1. The van der Waals surface area contributed by atoms with E-state index in [-0.39, 0.29) is 22.6 Å². The molecule has 188 valence electrons. The highest BCUT2D eigenvalue weighted by Crippen LogP contribution is 2.50. The summed E-state index contributed by atoms with van der Waals surface area (Å²) < 4.78 is 11.7. The lowest BCUT2D eigenvalue weighted by Crippen LogP contribution is -2.42. The third-order valence-corrected chi connectivity index (χ3v) is 6.75. The van der Waals surface area contributed by atoms with Gasteiger partial charge >= 0.3 is 0 Å². The number of H-pyrrole nitrogens is 1. The Morgan fingerprint density at radius 1 is 1.19 bits per heavy atom. The van der Waals surface area contributed by atoms with Gasteiger partial charge in [-0.15, -0.1) is 0 Å². The van der Waals surface area contributed by atoms with Crippen molar-refractivity contribution >= 4 is 11.7 Å². The number of benzene rings is 2. The fourth-order valence-electron chi connectivity index (χ4n) is 5.11. The van der Waals surface area contributed by atoms with Crippen LogP contribution in [0, 0.1) is 16.7 Å². The minimum absolute atomic E-state index is 0.0237. The lowest BCUT2D eigenvalue weighted by atomic mass is 9.68. The number of hydrogen-bond acceptors (Lipinski definition) is 8. The Morgan fingerprint density at radius 3 is 2.65 bits per heavy atom. The summed E-state index contributed by atoms with van der Waals surface area (Å²) in [6.45, 7) is 4.47. The van der Waals surface area contributed by atoms with Crippen molar-refractivity contribution in [2.24, 2.45) is 11.1 Å². The van der Waals surface area contributed by atoms with Crippen molar-refractivity contribution in [2.75, 3.05) is 12.0 Å². The number of ketones is 1. The van der Waals surface area contributed by atoms with Crippen molar-refractivity contribution in [3.05, 3.63) is 88.6 Å². The molecule has 0 unspecified atom stereocenters. The number of nitrogens with two attached hydrogens (primary N) is 1. The standard InChI is InChI=1S/C28H28N6O3/c1-28(2)12-20-25(21(35)13-28)24(19(14-29)26(30)34(20)27-31-16-32-33-27)18-9-10-22(23(11-18)36-3)37-15-17-7-5-4-6-8-17/h4-11,16,24H,12-13,15,30H2,1-3H3,(H,31,32,33)/t24-/m1/s1. The van der Waals surface area contributed by atoms with Crippen LogP contribution in [0.5, 0.6) is 11.5 Å². The predicted molar refractivity (Wildman–Crippen MR) is 137 cm³/mol. The number of carbonyl (C=O) groups excluding carboxylic acids is 1. The van der Waals surface area contributed by atoms with Gasteiger partial charge in [0.1, 0.15) is 18.8 Å². The van der Waals surface area contributed by atoms with Gasteiger partial charge in [0, 0.05) is 17.7 Å². The maximum absolute atomic E-state index is 13.6. The monoisotopic (exact) mass is 496 g/mol. The zero-order valence-electron chi connectivity index (χ0n) is 21.0. The normalized spacial score (nSPS) is 18.9. The van der Waals surface area contributed by atoms with Gasteiger partial charge < -0.3 is 15.2 Å². The van der Waals surface area contributed by atoms with E-state index < -0.39 is 5.92 Å². The highest BCUT2D eigenvalue weighted by Gasteiger charge is 2.45. The zero-order chi connectivity index (χ0) is 26.2. The number of aromatic amines is 1. The molecule has 2 aliphatic rings. The summed E-state index contributed by atoms with van der Waals surface area (Å²) in [5.41, 5.74) is 9.61. The number of allylic oxidation sites excluding steroid dienone is 3. The van der Waals surface area contributed by atoms with E-state index in [0.29, 0.717) is 42.5 Å². The highest BCUT2D eigenvalue weighted by molar-refractivity contribution is 6.01. The molecule has 1 atom stereocenters. The molecule has 1 aliphatic carbocycles. The molecule has 0 spiro atoms. The maximum Gasteiger partial charge on any atom is 0.231 e. The average Bonchev–Trinajstić information content (AvgIpc) is 3.41. The van der Waals surface area contributed by atoms with Crippen LogP contribution in [0.4, 0.5) is 5.95 Å². The number of carbonyl (C=O) groups is 1. The molecule has 0 saturated carbocycles. The van der Waals surface area contributed by atoms with Gasteiger partial charge in [0.05, 0.1) is 24.7 Å². The molecule has 9 nitrogen and oxygen atoms in total. The number of nitriles is 1. The third-order valence-electron chi connectivity index (χ3n) is 6.75. The summed E-state index contributed by atoms with van der Waals surface area (Å²) in [4.78, 5) is 19.5. The number of nitrogens with zero attached hydrogens (tertiary/aromatic N) is 4. The lowest BCUT2D eigenvalue weighted by Gasteiger charge is -2.42. The van der Waals surface area contributed by atoms with Gasteiger partial charge in [0.2, 0.25) is 5.95 Å². The Hall–Kier alpha value is -4.58. The van der Waals surface area contributed by atoms with Crippen LogP contribution in [-0.2, 0) is 11.4 Å². The average molecular weight is 497 g/mol. The van der Waals surface area contributed by atoms with Crippen LogP contribution in [-0.4, -0.2) is 28.1 Å². The smallest absolute Gasteiger partial charge is 0.231 e. The van der Waals surface area contributed by atoms with E-state index in [0.717, 1.165) is 16.8 Å². The van der Waals surface area contributed by atoms with Gasteiger partial charge in [-0.05, 0) is 35.1 Å². The molecule has 0 amide bonds. The molecular weight excluding hydrogens is 468 g/mol. The fourth-order valence-corrected chi connectivity index (χ4v) is 5.11. The highest BCUT2D eigenvalue weighted by atomic mass is 16.5. The Morgan fingerprint density at radius 2 is 1.97 bits per heavy atom. The Kier molecular flexibility index (Phi) is 6.17. The van der Waals surface area contributed by atoms with Crippen LogP contribution in [0.15, 0.2) is 77.5 Å². The van der Waals surface area contributed by atoms with Gasteiger partial charge in [-0.2, -0.15) is 15.3 Å². The minimum Gasteiger partial charge on any atom is -0.493 e. The number of aromatic nitrogens is 3. The van der Waals surface area contributed by atoms with Crippen molar-refractivity contribution in [3.63, 3.8) is 0 Å². The first kappa shape index (κ1) is 24.1. The van der Waals surface area contributed by atoms with Crippen LogP contribution in [0.2, 0.25) is 0 Å². The summed E-state index contributed by atoms with van der Waals surface area (Å²) in [5, 5.41) is 17.0. The van der Waals surface area contributed by atoms with Gasteiger partial charge in [0.25, 0.3) is 0 Å². The molecule has 5 rings (SSSR count). The second-order valence-corrected chi connectivity index (χ2v) is 9.97. The second-order valence-electron chi connectivity index (χ2n) is 9.97. The first-order valence-corrected chi connectivity index (χ1v) is 12.0. The molecule has 1 aliphatic heterocycles. The van der Waals surface area contributed by atoms with Crippen molar-refractivity contribution in [1.29, 1.82) is 5.26 Å². The van der Waals surface area contributed by atoms with Crippen LogP contribution in [0.1, 0.15) is 43.7 Å². The van der Waals surface area contributed by atoms with E-state index >= 15 is 0 Å². The third kappa shape index (κ3) is 4.42. The number of anilines is 1. The first-order chi connectivity index (χ1) is 17.8. The number of ether oxygens (including phenoxy) is 2. The second kappa shape index (κ2) is 9.47. The Bertz CT molecular complexity index is 1430. The zero-order valence-corrected chi connectivity index (χ0v) is 21.0. The van der Waals surface area contributed by atoms with Crippen molar-refractivity contribution in [3.8, 4) is 17.6 Å². The van der Waals surface area contributed by atoms with Gasteiger partial charge in [0.15, 0.2) is 17.3 Å². The van der Waals surface area contributed by atoms with Crippen molar-refractivity contribution in [1.82, 2.24) is 15.2 Å². The van der Waals surface area contributed by atoms with Crippen molar-refractivity contribution < 1.29 is 14.3 Å².